The van der Waals surface area contributed by atoms with Gasteiger partial charge in [0.25, 0.3) is 0 Å². The number of ether oxygens (including phenoxy) is 1. The maximum Gasteiger partial charge on any atom is 0.315 e. The highest BCUT2D eigenvalue weighted by Crippen LogP contribution is 2.14. The molecule has 1 aliphatic rings. The first kappa shape index (κ1) is 13.8. The van der Waals surface area contributed by atoms with Crippen molar-refractivity contribution in [3.8, 4) is 0 Å². The Balaban J connectivity index is 2.54. The van der Waals surface area contributed by atoms with E-state index in [0.717, 1.165) is 6.42 Å². The van der Waals surface area contributed by atoms with Gasteiger partial charge in [0.05, 0.1) is 18.2 Å². The SMILES string of the molecule is CCC(CC)(NC(=O)NC1CCOC1)C(=N)N. The highest BCUT2D eigenvalue weighted by Gasteiger charge is 2.32. The first-order chi connectivity index (χ1) is 8.04. The van der Waals surface area contributed by atoms with E-state index in [1.165, 1.54) is 0 Å². The van der Waals surface area contributed by atoms with Crippen LogP contribution in [0.4, 0.5) is 4.79 Å². The van der Waals surface area contributed by atoms with Crippen molar-refractivity contribution in [2.24, 2.45) is 5.73 Å². The van der Waals surface area contributed by atoms with Crippen molar-refractivity contribution >= 4 is 11.9 Å². The molecule has 1 heterocycles. The van der Waals surface area contributed by atoms with Crippen LogP contribution in [-0.4, -0.2) is 36.7 Å². The van der Waals surface area contributed by atoms with Gasteiger partial charge in [-0.05, 0) is 19.3 Å². The van der Waals surface area contributed by atoms with Crippen LogP contribution in [-0.2, 0) is 4.74 Å². The molecular weight excluding hydrogens is 220 g/mol. The van der Waals surface area contributed by atoms with E-state index in [1.807, 2.05) is 13.8 Å². The van der Waals surface area contributed by atoms with E-state index >= 15 is 0 Å². The molecule has 0 aromatic heterocycles. The van der Waals surface area contributed by atoms with E-state index in [9.17, 15) is 4.79 Å². The average molecular weight is 242 g/mol. The summed E-state index contributed by atoms with van der Waals surface area (Å²) >= 11 is 0. The second-order valence-corrected chi connectivity index (χ2v) is 4.36. The summed E-state index contributed by atoms with van der Waals surface area (Å²) in [5.41, 5.74) is 4.83. The number of carbonyl (C=O) groups is 1. The van der Waals surface area contributed by atoms with Crippen LogP contribution in [0.5, 0.6) is 0 Å². The summed E-state index contributed by atoms with van der Waals surface area (Å²) in [7, 11) is 0. The molecule has 17 heavy (non-hydrogen) atoms. The van der Waals surface area contributed by atoms with E-state index in [4.69, 9.17) is 15.9 Å². The van der Waals surface area contributed by atoms with Crippen LogP contribution < -0.4 is 16.4 Å². The molecule has 98 valence electrons. The Morgan fingerprint density at radius 3 is 2.59 bits per heavy atom. The van der Waals surface area contributed by atoms with Gasteiger partial charge in [-0.15, -0.1) is 0 Å². The van der Waals surface area contributed by atoms with Crippen LogP contribution in [0.15, 0.2) is 0 Å². The van der Waals surface area contributed by atoms with Gasteiger partial charge in [0.1, 0.15) is 5.84 Å². The molecule has 1 rings (SSSR count). The monoisotopic (exact) mass is 242 g/mol. The molecule has 1 atom stereocenters. The highest BCUT2D eigenvalue weighted by molar-refractivity contribution is 5.91. The lowest BCUT2D eigenvalue weighted by molar-refractivity contribution is 0.187. The van der Waals surface area contributed by atoms with Crippen LogP contribution >= 0.6 is 0 Å². The molecule has 0 radical (unpaired) electrons. The highest BCUT2D eigenvalue weighted by atomic mass is 16.5. The summed E-state index contributed by atoms with van der Waals surface area (Å²) in [6, 6.07) is -0.215. The normalized spacial score (nSPS) is 20.0. The quantitative estimate of drug-likeness (QED) is 0.419. The van der Waals surface area contributed by atoms with Gasteiger partial charge in [0.2, 0.25) is 0 Å². The predicted octanol–water partition coefficient (Wildman–Crippen LogP) is 0.569. The van der Waals surface area contributed by atoms with E-state index in [2.05, 4.69) is 10.6 Å². The van der Waals surface area contributed by atoms with E-state index < -0.39 is 5.54 Å². The maximum absolute atomic E-state index is 11.8. The van der Waals surface area contributed by atoms with Gasteiger partial charge in [-0.3, -0.25) is 5.41 Å². The van der Waals surface area contributed by atoms with Crippen molar-refractivity contribution in [2.75, 3.05) is 13.2 Å². The molecule has 1 aliphatic heterocycles. The standard InChI is InChI=1S/C11H22N4O2/c1-3-11(4-2,9(12)13)15-10(16)14-8-5-6-17-7-8/h8H,3-7H2,1-2H3,(H3,12,13)(H2,14,15,16). The molecule has 0 aliphatic carbocycles. The Hall–Kier alpha value is -1.30. The third-order valence-electron chi connectivity index (χ3n) is 3.34. The minimum atomic E-state index is -0.733. The lowest BCUT2D eigenvalue weighted by Gasteiger charge is -2.32. The first-order valence-electron chi connectivity index (χ1n) is 6.05. The molecule has 0 bridgehead atoms. The predicted molar refractivity (Wildman–Crippen MR) is 66.1 cm³/mol. The van der Waals surface area contributed by atoms with Crippen LogP contribution in [0.25, 0.3) is 0 Å². The lowest BCUT2D eigenvalue weighted by atomic mass is 9.91. The summed E-state index contributed by atoms with van der Waals surface area (Å²) in [6.07, 6.45) is 2.04. The second kappa shape index (κ2) is 5.86. The molecule has 6 heteroatoms. The number of amidine groups is 1. The molecule has 0 saturated carbocycles. The number of rotatable bonds is 5. The number of nitrogens with two attached hydrogens (primary N) is 1. The lowest BCUT2D eigenvalue weighted by Crippen LogP contribution is -2.59. The van der Waals surface area contributed by atoms with E-state index in [1.54, 1.807) is 0 Å². The summed E-state index contributed by atoms with van der Waals surface area (Å²) in [5, 5.41) is 13.2. The third kappa shape index (κ3) is 3.33. The summed E-state index contributed by atoms with van der Waals surface area (Å²) < 4.78 is 5.18. The summed E-state index contributed by atoms with van der Waals surface area (Å²) in [6.45, 7) is 5.05. The Bertz CT molecular complexity index is 283. The number of amides is 2. The summed E-state index contributed by atoms with van der Waals surface area (Å²) in [4.78, 5) is 11.8. The number of hydrogen-bond donors (Lipinski definition) is 4. The van der Waals surface area contributed by atoms with Gasteiger partial charge >= 0.3 is 6.03 Å². The van der Waals surface area contributed by atoms with E-state index in [0.29, 0.717) is 26.1 Å². The number of urea groups is 1. The first-order valence-corrected chi connectivity index (χ1v) is 6.05. The fourth-order valence-electron chi connectivity index (χ4n) is 1.96. The fraction of sp³-hybridized carbons (Fsp3) is 0.818. The molecule has 5 N–H and O–H groups in total. The van der Waals surface area contributed by atoms with Crippen molar-refractivity contribution in [3.63, 3.8) is 0 Å². The molecule has 2 amide bonds. The number of carbonyl (C=O) groups excluding carboxylic acids is 1. The average Bonchev–Trinajstić information content (AvgIpc) is 2.78. The Kier molecular flexibility index (Phi) is 4.74. The molecule has 0 spiro atoms. The molecule has 1 unspecified atom stereocenters. The molecular formula is C11H22N4O2. The van der Waals surface area contributed by atoms with Crippen LogP contribution in [0.1, 0.15) is 33.1 Å². The zero-order valence-corrected chi connectivity index (χ0v) is 10.5. The summed E-state index contributed by atoms with van der Waals surface area (Å²) in [5.74, 6) is 0.000298. The zero-order chi connectivity index (χ0) is 12.9. The van der Waals surface area contributed by atoms with Gasteiger partial charge in [0.15, 0.2) is 0 Å². The second-order valence-electron chi connectivity index (χ2n) is 4.36. The zero-order valence-electron chi connectivity index (χ0n) is 10.5. The minimum absolute atomic E-state index is 0.000298. The van der Waals surface area contributed by atoms with Gasteiger partial charge in [0, 0.05) is 6.61 Å². The molecule has 1 fully saturated rings. The van der Waals surface area contributed by atoms with Crippen molar-refractivity contribution in [2.45, 2.75) is 44.7 Å². The Labute approximate surface area is 102 Å². The molecule has 1 saturated heterocycles. The molecule has 0 aromatic carbocycles. The number of nitrogens with one attached hydrogen (secondary N) is 3. The van der Waals surface area contributed by atoms with Gasteiger partial charge in [-0.2, -0.15) is 0 Å². The van der Waals surface area contributed by atoms with Crippen molar-refractivity contribution in [1.82, 2.24) is 10.6 Å². The third-order valence-corrected chi connectivity index (χ3v) is 3.34. The van der Waals surface area contributed by atoms with Crippen LogP contribution in [0.2, 0.25) is 0 Å². The maximum atomic E-state index is 11.8. The van der Waals surface area contributed by atoms with E-state index in [-0.39, 0.29) is 17.9 Å². The van der Waals surface area contributed by atoms with Gasteiger partial charge in [-0.1, -0.05) is 13.8 Å². The van der Waals surface area contributed by atoms with Crippen molar-refractivity contribution < 1.29 is 9.53 Å². The van der Waals surface area contributed by atoms with Crippen molar-refractivity contribution in [1.29, 1.82) is 5.41 Å². The largest absolute Gasteiger partial charge is 0.386 e. The molecule has 0 aromatic rings. The van der Waals surface area contributed by atoms with Gasteiger partial charge < -0.3 is 21.1 Å². The Morgan fingerprint density at radius 2 is 2.18 bits per heavy atom. The van der Waals surface area contributed by atoms with Crippen LogP contribution in [0.3, 0.4) is 0 Å². The topological polar surface area (TPSA) is 100 Å². The molecule has 6 nitrogen and oxygen atoms in total. The van der Waals surface area contributed by atoms with Crippen LogP contribution in [0, 0.1) is 5.41 Å². The number of hydrogen-bond acceptors (Lipinski definition) is 3. The van der Waals surface area contributed by atoms with Gasteiger partial charge in [-0.25, -0.2) is 4.79 Å². The smallest absolute Gasteiger partial charge is 0.315 e. The minimum Gasteiger partial charge on any atom is -0.386 e. The fourth-order valence-corrected chi connectivity index (χ4v) is 1.96. The van der Waals surface area contributed by atoms with Crippen molar-refractivity contribution in [3.05, 3.63) is 0 Å². The Morgan fingerprint density at radius 1 is 1.53 bits per heavy atom.